The first-order valence-electron chi connectivity index (χ1n) is 43.5. The average molecular weight is 1510 g/mol. The zero-order chi connectivity index (χ0) is 75.6. The van der Waals surface area contributed by atoms with Crippen LogP contribution in [0, 0.1) is 11.8 Å². The highest BCUT2D eigenvalue weighted by Gasteiger charge is 2.30. The molecule has 0 aliphatic rings. The van der Waals surface area contributed by atoms with E-state index in [1.54, 1.807) is 0 Å². The van der Waals surface area contributed by atoms with Gasteiger partial charge in [0.15, 0.2) is 12.2 Å². The van der Waals surface area contributed by atoms with Gasteiger partial charge in [0.25, 0.3) is 0 Å². The Hall–Kier alpha value is -1.94. The van der Waals surface area contributed by atoms with Crippen LogP contribution in [-0.4, -0.2) is 96.7 Å². The number of carbonyl (C=O) groups excluding carboxylic acids is 4. The van der Waals surface area contributed by atoms with Crippen molar-refractivity contribution in [3.8, 4) is 0 Å². The van der Waals surface area contributed by atoms with E-state index in [1.807, 2.05) is 0 Å². The van der Waals surface area contributed by atoms with E-state index in [0.29, 0.717) is 25.7 Å². The minimum atomic E-state index is -4.96. The maximum absolute atomic E-state index is 13.1. The first kappa shape index (κ1) is 101. The molecule has 0 heterocycles. The summed E-state index contributed by atoms with van der Waals surface area (Å²) in [4.78, 5) is 73.1. The van der Waals surface area contributed by atoms with E-state index in [0.717, 1.165) is 102 Å². The molecule has 0 bridgehead atoms. The second kappa shape index (κ2) is 75.5. The Bertz CT molecular complexity index is 1980. The molecule has 0 aliphatic carbocycles. The summed E-state index contributed by atoms with van der Waals surface area (Å²) in [6, 6.07) is 0. The van der Waals surface area contributed by atoms with E-state index in [4.69, 9.17) is 37.0 Å². The fourth-order valence-electron chi connectivity index (χ4n) is 13.0. The third kappa shape index (κ3) is 76.6. The van der Waals surface area contributed by atoms with E-state index < -0.39 is 97.5 Å². The molecule has 0 aliphatic heterocycles. The Balaban J connectivity index is 5.22. The molecule has 0 spiro atoms. The Morgan fingerprint density at radius 3 is 0.738 bits per heavy atom. The minimum Gasteiger partial charge on any atom is -0.462 e. The smallest absolute Gasteiger partial charge is 0.462 e. The number of phosphoric ester groups is 2. The monoisotopic (exact) mass is 1510 g/mol. The fourth-order valence-corrected chi connectivity index (χ4v) is 14.6. The highest BCUT2D eigenvalue weighted by molar-refractivity contribution is 7.47. The largest absolute Gasteiger partial charge is 0.472 e. The lowest BCUT2D eigenvalue weighted by atomic mass is 9.99. The summed E-state index contributed by atoms with van der Waals surface area (Å²) in [6.07, 6.45) is 66.8. The van der Waals surface area contributed by atoms with Crippen LogP contribution in [0.15, 0.2) is 0 Å². The van der Waals surface area contributed by atoms with Crippen LogP contribution in [0.1, 0.15) is 446 Å². The fraction of sp³-hybridized carbons (Fsp3) is 0.952. The first-order valence-corrected chi connectivity index (χ1v) is 46.5. The number of esters is 4. The molecule has 0 radical (unpaired) electrons. The van der Waals surface area contributed by atoms with Crippen LogP contribution >= 0.6 is 15.6 Å². The van der Waals surface area contributed by atoms with Crippen molar-refractivity contribution in [1.29, 1.82) is 0 Å². The van der Waals surface area contributed by atoms with Crippen LogP contribution < -0.4 is 0 Å². The molecule has 19 heteroatoms. The van der Waals surface area contributed by atoms with Crippen LogP contribution in [0.25, 0.3) is 0 Å². The van der Waals surface area contributed by atoms with Gasteiger partial charge in [0.05, 0.1) is 26.4 Å². The first-order chi connectivity index (χ1) is 49.9. The number of phosphoric acid groups is 2. The Morgan fingerprint density at radius 1 is 0.282 bits per heavy atom. The SMILES string of the molecule is CCCCCCCCCCCCCCCCCCCCCCC(=O)OC[C@H](COP(=O)(O)OC[C@@H](O)COP(=O)(O)OC[C@@H](COC(=O)CCCCCCCCCCC(C)C)OC(=O)CCCCCCCCCCC(C)CC)OC(=O)CCCCCCCCCCCCCCCCCCCCCC. The highest BCUT2D eigenvalue weighted by atomic mass is 31.2. The van der Waals surface area contributed by atoms with Gasteiger partial charge >= 0.3 is 39.5 Å². The van der Waals surface area contributed by atoms with Gasteiger partial charge in [-0.3, -0.25) is 37.3 Å². The number of hydrogen-bond donors (Lipinski definition) is 3. The van der Waals surface area contributed by atoms with E-state index in [-0.39, 0.29) is 25.7 Å². The second-order valence-corrected chi connectivity index (χ2v) is 33.8. The molecule has 6 atom stereocenters. The van der Waals surface area contributed by atoms with E-state index in [2.05, 4.69) is 41.5 Å². The average Bonchev–Trinajstić information content (AvgIpc) is 0.917. The van der Waals surface area contributed by atoms with Gasteiger partial charge in [-0.1, -0.05) is 395 Å². The highest BCUT2D eigenvalue weighted by Crippen LogP contribution is 2.45. The van der Waals surface area contributed by atoms with E-state index in [1.165, 1.54) is 263 Å². The molecular weight excluding hydrogens is 1340 g/mol. The van der Waals surface area contributed by atoms with Crippen molar-refractivity contribution in [2.75, 3.05) is 39.6 Å². The summed E-state index contributed by atoms with van der Waals surface area (Å²) in [6.45, 7) is 9.61. The molecule has 0 aromatic rings. The van der Waals surface area contributed by atoms with E-state index in [9.17, 15) is 43.2 Å². The predicted molar refractivity (Wildman–Crippen MR) is 423 cm³/mol. The zero-order valence-corrected chi connectivity index (χ0v) is 69.4. The lowest BCUT2D eigenvalue weighted by molar-refractivity contribution is -0.161. The third-order valence-corrected chi connectivity index (χ3v) is 22.0. The van der Waals surface area contributed by atoms with Crippen molar-refractivity contribution in [3.63, 3.8) is 0 Å². The van der Waals surface area contributed by atoms with Gasteiger partial charge in [0.2, 0.25) is 0 Å². The number of hydrogen-bond acceptors (Lipinski definition) is 15. The molecule has 103 heavy (non-hydrogen) atoms. The van der Waals surface area contributed by atoms with Gasteiger partial charge in [0.1, 0.15) is 19.3 Å². The Morgan fingerprint density at radius 2 is 0.495 bits per heavy atom. The van der Waals surface area contributed by atoms with Crippen LogP contribution in [0.5, 0.6) is 0 Å². The van der Waals surface area contributed by atoms with Crippen LogP contribution in [-0.2, 0) is 65.4 Å². The normalized spacial score (nSPS) is 14.1. The molecule has 17 nitrogen and oxygen atoms in total. The zero-order valence-electron chi connectivity index (χ0n) is 67.6. The van der Waals surface area contributed by atoms with Gasteiger partial charge in [-0.05, 0) is 37.5 Å². The number of rotatable bonds is 83. The summed E-state index contributed by atoms with van der Waals surface area (Å²) >= 11 is 0. The van der Waals surface area contributed by atoms with Gasteiger partial charge in [-0.2, -0.15) is 0 Å². The number of aliphatic hydroxyl groups is 1. The number of aliphatic hydroxyl groups excluding tert-OH is 1. The predicted octanol–water partition coefficient (Wildman–Crippen LogP) is 25.5. The maximum Gasteiger partial charge on any atom is 0.472 e. The van der Waals surface area contributed by atoms with Crippen molar-refractivity contribution in [1.82, 2.24) is 0 Å². The van der Waals surface area contributed by atoms with Crippen molar-refractivity contribution in [3.05, 3.63) is 0 Å². The lowest BCUT2D eigenvalue weighted by Crippen LogP contribution is -2.30. The van der Waals surface area contributed by atoms with Crippen LogP contribution in [0.4, 0.5) is 0 Å². The quantitative estimate of drug-likeness (QED) is 0.0222. The van der Waals surface area contributed by atoms with Gasteiger partial charge in [0, 0.05) is 25.7 Å². The van der Waals surface area contributed by atoms with Crippen molar-refractivity contribution < 1.29 is 80.2 Å². The van der Waals surface area contributed by atoms with Gasteiger partial charge in [-0.15, -0.1) is 0 Å². The van der Waals surface area contributed by atoms with Crippen LogP contribution in [0.3, 0.4) is 0 Å². The summed E-state index contributed by atoms with van der Waals surface area (Å²) in [5.41, 5.74) is 0. The van der Waals surface area contributed by atoms with Gasteiger partial charge in [-0.25, -0.2) is 9.13 Å². The van der Waals surface area contributed by atoms with Crippen molar-refractivity contribution in [2.45, 2.75) is 464 Å². The van der Waals surface area contributed by atoms with Gasteiger partial charge < -0.3 is 33.8 Å². The summed E-state index contributed by atoms with van der Waals surface area (Å²) < 4.78 is 68.8. The third-order valence-electron chi connectivity index (χ3n) is 20.1. The lowest BCUT2D eigenvalue weighted by Gasteiger charge is -2.21. The molecule has 0 saturated carbocycles. The molecular formula is C84H164O17P2. The summed E-state index contributed by atoms with van der Waals surface area (Å²) in [5.74, 6) is -0.613. The number of unbranched alkanes of at least 4 members (excludes halogenated alkanes) is 52. The topological polar surface area (TPSA) is 237 Å². The molecule has 0 saturated heterocycles. The molecule has 3 unspecified atom stereocenters. The molecule has 0 rings (SSSR count). The molecule has 0 aromatic heterocycles. The molecule has 612 valence electrons. The standard InChI is InChI=1S/C84H164O17P2/c1-7-10-12-14-16-18-20-22-24-26-28-30-32-34-36-38-40-48-54-60-66-81(86)94-72-79(100-83(88)68-62-56-50-41-39-37-35-33-31-29-27-25-23-21-19-17-15-13-11-8-2)74-98-102(90,91)96-70-78(85)71-97-103(92,93)99-75-80(73-95-82(87)67-61-55-49-44-42-46-52-58-64-76(4)5)101-84(89)69-63-57-51-45-43-47-53-59-65-77(6)9-3/h76-80,85H,7-75H2,1-6H3,(H,90,91)(H,92,93)/t77?,78-,79-,80-/m1/s1. The number of ether oxygens (including phenoxy) is 4. The minimum absolute atomic E-state index is 0.105. The van der Waals surface area contributed by atoms with Crippen molar-refractivity contribution in [2.24, 2.45) is 11.8 Å². The number of carbonyl (C=O) groups is 4. The van der Waals surface area contributed by atoms with E-state index >= 15 is 0 Å². The molecule has 0 fully saturated rings. The molecule has 3 N–H and O–H groups in total. The molecule has 0 aromatic carbocycles. The summed E-state index contributed by atoms with van der Waals surface area (Å²) in [5, 5.41) is 10.7. The van der Waals surface area contributed by atoms with Crippen LogP contribution in [0.2, 0.25) is 0 Å². The maximum atomic E-state index is 13.1. The Kier molecular flexibility index (Phi) is 74.1. The molecule has 0 amide bonds. The second-order valence-electron chi connectivity index (χ2n) is 30.9. The summed E-state index contributed by atoms with van der Waals surface area (Å²) in [7, 11) is -9.92. The van der Waals surface area contributed by atoms with Crippen molar-refractivity contribution >= 4 is 39.5 Å². The Labute approximate surface area is 632 Å².